The van der Waals surface area contributed by atoms with Crippen LogP contribution >= 0.6 is 0 Å². The fourth-order valence-electron chi connectivity index (χ4n) is 2.44. The summed E-state index contributed by atoms with van der Waals surface area (Å²) in [4.78, 5) is 14.0. The second kappa shape index (κ2) is 5.93. The van der Waals surface area contributed by atoms with Gasteiger partial charge in [0.05, 0.1) is 5.56 Å². The zero-order valence-corrected chi connectivity index (χ0v) is 11.1. The van der Waals surface area contributed by atoms with Crippen molar-refractivity contribution in [3.63, 3.8) is 0 Å². The molecule has 0 aromatic heterocycles. The van der Waals surface area contributed by atoms with Crippen molar-refractivity contribution in [3.05, 3.63) is 23.8 Å². The molecule has 1 heterocycles. The molecule has 19 heavy (non-hydrogen) atoms. The molecule has 1 fully saturated rings. The minimum atomic E-state index is -0.219. The number of carbonyl (C=O) groups excluding carboxylic acids is 1. The first-order valence-corrected chi connectivity index (χ1v) is 6.66. The highest BCUT2D eigenvalue weighted by molar-refractivity contribution is 5.97. The van der Waals surface area contributed by atoms with Gasteiger partial charge in [0, 0.05) is 19.1 Å². The highest BCUT2D eigenvalue weighted by Crippen LogP contribution is 2.24. The third-order valence-corrected chi connectivity index (χ3v) is 3.49. The molecule has 0 unspecified atom stereocenters. The smallest absolute Gasteiger partial charge is 0.257 e. The lowest BCUT2D eigenvalue weighted by atomic mass is 10.0. The van der Waals surface area contributed by atoms with Gasteiger partial charge in [-0.15, -0.1) is 0 Å². The van der Waals surface area contributed by atoms with E-state index >= 15 is 0 Å². The maximum atomic E-state index is 12.3. The quantitative estimate of drug-likeness (QED) is 0.720. The molecule has 1 aromatic carbocycles. The molecule has 1 aliphatic rings. The van der Waals surface area contributed by atoms with Crippen LogP contribution in [-0.2, 0) is 0 Å². The van der Waals surface area contributed by atoms with Crippen LogP contribution in [0.5, 0.6) is 11.5 Å². The van der Waals surface area contributed by atoms with Crippen LogP contribution < -0.4 is 5.32 Å². The predicted octanol–water partition coefficient (Wildman–Crippen LogP) is 1.31. The molecule has 1 aromatic rings. The summed E-state index contributed by atoms with van der Waals surface area (Å²) in [5, 5.41) is 22.5. The molecule has 3 N–H and O–H groups in total. The molecular formula is C14H20N2O3. The van der Waals surface area contributed by atoms with Crippen molar-refractivity contribution in [2.75, 3.05) is 19.6 Å². The van der Waals surface area contributed by atoms with Crippen LogP contribution in [0.3, 0.4) is 0 Å². The number of phenolic OH excluding ortho intramolecular Hbond substituents is 2. The standard InChI is InChI=1S/C14H20N2O3/c1-2-15-10-5-7-16(8-6-10)14(19)12-9-11(17)3-4-13(12)18/h3-4,9-10,15,17-18H,2,5-8H2,1H3. The van der Waals surface area contributed by atoms with E-state index in [2.05, 4.69) is 12.2 Å². The van der Waals surface area contributed by atoms with Gasteiger partial charge in [0.25, 0.3) is 5.91 Å². The van der Waals surface area contributed by atoms with E-state index in [9.17, 15) is 15.0 Å². The van der Waals surface area contributed by atoms with Crippen molar-refractivity contribution < 1.29 is 15.0 Å². The largest absolute Gasteiger partial charge is 0.508 e. The summed E-state index contributed by atoms with van der Waals surface area (Å²) >= 11 is 0. The van der Waals surface area contributed by atoms with Crippen molar-refractivity contribution in [2.24, 2.45) is 0 Å². The molecular weight excluding hydrogens is 244 g/mol. The summed E-state index contributed by atoms with van der Waals surface area (Å²) in [5.41, 5.74) is 0.168. The van der Waals surface area contributed by atoms with Gasteiger partial charge in [-0.2, -0.15) is 0 Å². The summed E-state index contributed by atoms with van der Waals surface area (Å²) < 4.78 is 0. The lowest BCUT2D eigenvalue weighted by Crippen LogP contribution is -2.44. The third kappa shape index (κ3) is 3.17. The normalized spacial score (nSPS) is 16.6. The van der Waals surface area contributed by atoms with Gasteiger partial charge in [-0.05, 0) is 37.6 Å². The molecule has 0 aliphatic carbocycles. The molecule has 2 rings (SSSR count). The van der Waals surface area contributed by atoms with E-state index in [-0.39, 0.29) is 23.0 Å². The number of rotatable bonds is 3. The number of carbonyl (C=O) groups is 1. The molecule has 0 saturated carbocycles. The molecule has 0 atom stereocenters. The van der Waals surface area contributed by atoms with Gasteiger partial charge in [-0.1, -0.05) is 6.92 Å². The minimum Gasteiger partial charge on any atom is -0.508 e. The molecule has 1 amide bonds. The summed E-state index contributed by atoms with van der Waals surface area (Å²) in [6.07, 6.45) is 1.83. The average Bonchev–Trinajstić information content (AvgIpc) is 2.42. The van der Waals surface area contributed by atoms with Crippen molar-refractivity contribution in [1.29, 1.82) is 0 Å². The van der Waals surface area contributed by atoms with E-state index < -0.39 is 0 Å². The number of hydrogen-bond acceptors (Lipinski definition) is 4. The van der Waals surface area contributed by atoms with E-state index in [1.165, 1.54) is 18.2 Å². The van der Waals surface area contributed by atoms with Gasteiger partial charge in [0.1, 0.15) is 11.5 Å². The number of benzene rings is 1. The number of amides is 1. The number of aromatic hydroxyl groups is 2. The number of likely N-dealkylation sites (tertiary alicyclic amines) is 1. The number of nitrogens with zero attached hydrogens (tertiary/aromatic N) is 1. The van der Waals surface area contributed by atoms with Gasteiger partial charge < -0.3 is 20.4 Å². The number of hydrogen-bond donors (Lipinski definition) is 3. The topological polar surface area (TPSA) is 72.8 Å². The number of nitrogens with one attached hydrogen (secondary N) is 1. The summed E-state index contributed by atoms with van der Waals surface area (Å²) in [6, 6.07) is 4.48. The number of piperidine rings is 1. The van der Waals surface area contributed by atoms with Gasteiger partial charge in [0.2, 0.25) is 0 Å². The van der Waals surface area contributed by atoms with Gasteiger partial charge >= 0.3 is 0 Å². The minimum absolute atomic E-state index is 0.0105. The second-order valence-corrected chi connectivity index (χ2v) is 4.83. The van der Waals surface area contributed by atoms with Gasteiger partial charge in [-0.3, -0.25) is 4.79 Å². The predicted molar refractivity (Wildman–Crippen MR) is 72.4 cm³/mol. The maximum Gasteiger partial charge on any atom is 0.257 e. The lowest BCUT2D eigenvalue weighted by molar-refractivity contribution is 0.0702. The second-order valence-electron chi connectivity index (χ2n) is 4.83. The molecule has 5 heteroatoms. The fourth-order valence-corrected chi connectivity index (χ4v) is 2.44. The van der Waals surface area contributed by atoms with E-state index in [0.717, 1.165) is 19.4 Å². The summed E-state index contributed by atoms with van der Waals surface area (Å²) in [6.45, 7) is 4.35. The summed E-state index contributed by atoms with van der Waals surface area (Å²) in [7, 11) is 0. The van der Waals surface area contributed by atoms with E-state index in [0.29, 0.717) is 19.1 Å². The Balaban J connectivity index is 2.03. The Bertz CT molecular complexity index is 454. The zero-order chi connectivity index (χ0) is 13.8. The first-order valence-electron chi connectivity index (χ1n) is 6.66. The van der Waals surface area contributed by atoms with Gasteiger partial charge in [0.15, 0.2) is 0 Å². The van der Waals surface area contributed by atoms with Crippen LogP contribution in [0.4, 0.5) is 0 Å². The van der Waals surface area contributed by atoms with Crippen molar-refractivity contribution in [3.8, 4) is 11.5 Å². The average molecular weight is 264 g/mol. The first kappa shape index (κ1) is 13.7. The Hall–Kier alpha value is -1.75. The van der Waals surface area contributed by atoms with Crippen LogP contribution in [0.2, 0.25) is 0 Å². The van der Waals surface area contributed by atoms with Crippen LogP contribution in [0.15, 0.2) is 18.2 Å². The molecule has 1 aliphatic heterocycles. The van der Waals surface area contributed by atoms with Crippen molar-refractivity contribution in [2.45, 2.75) is 25.8 Å². The first-order chi connectivity index (χ1) is 9.11. The Kier molecular flexibility index (Phi) is 4.27. The van der Waals surface area contributed by atoms with E-state index in [4.69, 9.17) is 0 Å². The molecule has 5 nitrogen and oxygen atoms in total. The Morgan fingerprint density at radius 2 is 2.05 bits per heavy atom. The SMILES string of the molecule is CCNC1CCN(C(=O)c2cc(O)ccc2O)CC1. The van der Waals surface area contributed by atoms with Gasteiger partial charge in [-0.25, -0.2) is 0 Å². The molecule has 1 saturated heterocycles. The molecule has 0 bridgehead atoms. The van der Waals surface area contributed by atoms with Crippen LogP contribution in [0.1, 0.15) is 30.1 Å². The van der Waals surface area contributed by atoms with Crippen LogP contribution in [-0.4, -0.2) is 46.7 Å². The third-order valence-electron chi connectivity index (χ3n) is 3.49. The van der Waals surface area contributed by atoms with Crippen molar-refractivity contribution >= 4 is 5.91 Å². The van der Waals surface area contributed by atoms with E-state index in [1.54, 1.807) is 4.90 Å². The summed E-state index contributed by atoms with van der Waals surface area (Å²) in [5.74, 6) is -0.316. The molecule has 104 valence electrons. The van der Waals surface area contributed by atoms with Crippen LogP contribution in [0, 0.1) is 0 Å². The Labute approximate surface area is 112 Å². The Morgan fingerprint density at radius 3 is 2.68 bits per heavy atom. The lowest BCUT2D eigenvalue weighted by Gasteiger charge is -2.32. The number of phenols is 2. The van der Waals surface area contributed by atoms with Crippen LogP contribution in [0.25, 0.3) is 0 Å². The monoisotopic (exact) mass is 264 g/mol. The fraction of sp³-hybridized carbons (Fsp3) is 0.500. The maximum absolute atomic E-state index is 12.3. The molecule has 0 spiro atoms. The highest BCUT2D eigenvalue weighted by atomic mass is 16.3. The highest BCUT2D eigenvalue weighted by Gasteiger charge is 2.24. The Morgan fingerprint density at radius 1 is 1.37 bits per heavy atom. The molecule has 0 radical (unpaired) electrons. The van der Waals surface area contributed by atoms with Crippen molar-refractivity contribution in [1.82, 2.24) is 10.2 Å². The zero-order valence-electron chi connectivity index (χ0n) is 11.1. The van der Waals surface area contributed by atoms with E-state index in [1.807, 2.05) is 0 Å².